The molecule has 0 saturated heterocycles. The lowest BCUT2D eigenvalue weighted by atomic mass is 10.1. The van der Waals surface area contributed by atoms with Crippen LogP contribution in [0.4, 0.5) is 26.3 Å². The molecule has 4 aromatic carbocycles. The molecule has 41 heavy (non-hydrogen) atoms. The number of halogens is 6. The molecule has 0 heterocycles. The number of hydrogen-bond acceptors (Lipinski definition) is 7. The van der Waals surface area contributed by atoms with E-state index in [1.165, 1.54) is 11.1 Å². The van der Waals surface area contributed by atoms with Gasteiger partial charge in [-0.3, -0.25) is 0 Å². The van der Waals surface area contributed by atoms with E-state index in [4.69, 9.17) is 4.74 Å². The van der Waals surface area contributed by atoms with Crippen LogP contribution in [0, 0.1) is 0 Å². The first kappa shape index (κ1) is 31.3. The molecular weight excluding hydrogens is 602 g/mol. The second-order valence-electron chi connectivity index (χ2n) is 7.75. The smallest absolute Gasteiger partial charge is 0.457 e. The molecule has 218 valence electrons. The summed E-state index contributed by atoms with van der Waals surface area (Å²) < 4.78 is 131. The van der Waals surface area contributed by atoms with Crippen LogP contribution in [-0.2, 0) is 20.2 Å². The molecule has 0 saturated carbocycles. The van der Waals surface area contributed by atoms with Gasteiger partial charge in [-0.1, -0.05) is 72.8 Å². The second-order valence-corrected chi connectivity index (χ2v) is 10.8. The largest absolute Gasteiger partial charge is 0.534 e. The third-order valence-corrected chi connectivity index (χ3v) is 6.66. The molecule has 0 atom stereocenters. The van der Waals surface area contributed by atoms with Crippen molar-refractivity contribution in [2.75, 3.05) is 0 Å². The fourth-order valence-electron chi connectivity index (χ4n) is 2.92. The zero-order chi connectivity index (χ0) is 30.3. The van der Waals surface area contributed by atoms with E-state index in [1.807, 2.05) is 12.1 Å². The molecular formula is C26H18F6O7S2. The van der Waals surface area contributed by atoms with Gasteiger partial charge in [-0.15, -0.1) is 0 Å². The quantitative estimate of drug-likeness (QED) is 0.122. The van der Waals surface area contributed by atoms with Crippen molar-refractivity contribution in [1.29, 1.82) is 0 Å². The molecule has 0 N–H and O–H groups in total. The van der Waals surface area contributed by atoms with Crippen LogP contribution in [-0.4, -0.2) is 27.9 Å². The summed E-state index contributed by atoms with van der Waals surface area (Å²) >= 11 is 0. The molecule has 0 unspecified atom stereocenters. The fourth-order valence-corrected chi connectivity index (χ4v) is 3.83. The summed E-state index contributed by atoms with van der Waals surface area (Å²) in [4.78, 5) is 0. The van der Waals surface area contributed by atoms with Gasteiger partial charge >= 0.3 is 31.3 Å². The highest BCUT2D eigenvalue weighted by atomic mass is 32.2. The third kappa shape index (κ3) is 8.88. The Bertz CT molecular complexity index is 1530. The Hall–Kier alpha value is -4.24. The minimum atomic E-state index is -5.93. The summed E-state index contributed by atoms with van der Waals surface area (Å²) in [6.07, 6.45) is 0. The van der Waals surface area contributed by atoms with Crippen LogP contribution in [0.2, 0.25) is 0 Å². The lowest BCUT2D eigenvalue weighted by molar-refractivity contribution is -0.0504. The van der Waals surface area contributed by atoms with Crippen molar-refractivity contribution in [3.63, 3.8) is 0 Å². The number of ether oxygens (including phenoxy) is 1. The number of alkyl halides is 6. The Kier molecular flexibility index (Phi) is 9.55. The summed E-state index contributed by atoms with van der Waals surface area (Å²) in [5, 5.41) is 0. The maximum atomic E-state index is 12.3. The molecule has 0 aromatic heterocycles. The summed E-state index contributed by atoms with van der Waals surface area (Å²) in [5.74, 6) is -2.05. The molecule has 0 fully saturated rings. The van der Waals surface area contributed by atoms with E-state index in [2.05, 4.69) is 56.9 Å². The molecule has 0 amide bonds. The van der Waals surface area contributed by atoms with Gasteiger partial charge in [0.2, 0.25) is 0 Å². The Labute approximate surface area is 230 Å². The van der Waals surface area contributed by atoms with Gasteiger partial charge in [-0.2, -0.15) is 43.2 Å². The normalized spacial score (nSPS) is 12.0. The lowest BCUT2D eigenvalue weighted by Gasteiger charge is -2.12. The molecule has 0 spiro atoms. The topological polar surface area (TPSA) is 96.0 Å². The van der Waals surface area contributed by atoms with E-state index >= 15 is 0 Å². The Balaban J connectivity index is 0.000000317. The minimum Gasteiger partial charge on any atom is -0.457 e. The Morgan fingerprint density at radius 2 is 0.756 bits per heavy atom. The van der Waals surface area contributed by atoms with E-state index in [9.17, 15) is 43.2 Å². The maximum Gasteiger partial charge on any atom is 0.534 e. The zero-order valence-corrected chi connectivity index (χ0v) is 22.0. The average Bonchev–Trinajstić information content (AvgIpc) is 2.89. The molecule has 15 heteroatoms. The van der Waals surface area contributed by atoms with E-state index in [1.54, 1.807) is 0 Å². The van der Waals surface area contributed by atoms with E-state index in [-0.39, 0.29) is 11.5 Å². The van der Waals surface area contributed by atoms with Crippen molar-refractivity contribution < 1.29 is 56.3 Å². The third-order valence-electron chi connectivity index (χ3n) is 4.71. The van der Waals surface area contributed by atoms with Crippen molar-refractivity contribution in [3.05, 3.63) is 109 Å². The van der Waals surface area contributed by atoms with Crippen molar-refractivity contribution in [2.45, 2.75) is 11.0 Å². The second kappa shape index (κ2) is 12.5. The first-order valence-corrected chi connectivity index (χ1v) is 13.9. The Morgan fingerprint density at radius 1 is 0.439 bits per heavy atom. The van der Waals surface area contributed by atoms with E-state index in [0.29, 0.717) is 0 Å². The van der Waals surface area contributed by atoms with Gasteiger partial charge in [0, 0.05) is 12.1 Å². The molecule has 4 rings (SSSR count). The standard InChI is InChI=1S/C14H8F6O7S2.C12H10/c15-13(16,17)28(21,22)26-11-5-1-3-9(7-11)25-10-4-2-6-12(8-10)27-29(23,24)14(18,19)20;1-3-7-11(8-4-1)12-9-5-2-6-10-12/h1-8H;1-10H. The highest BCUT2D eigenvalue weighted by molar-refractivity contribution is 7.88. The van der Waals surface area contributed by atoms with Gasteiger partial charge in [0.05, 0.1) is 0 Å². The molecule has 7 nitrogen and oxygen atoms in total. The van der Waals surface area contributed by atoms with Crippen molar-refractivity contribution in [2.24, 2.45) is 0 Å². The minimum absolute atomic E-state index is 0.268. The van der Waals surface area contributed by atoms with Crippen LogP contribution in [0.1, 0.15) is 0 Å². The Morgan fingerprint density at radius 3 is 1.07 bits per heavy atom. The molecule has 0 bridgehead atoms. The number of benzene rings is 4. The first-order chi connectivity index (χ1) is 19.1. The van der Waals surface area contributed by atoms with Crippen molar-refractivity contribution >= 4 is 20.2 Å². The summed E-state index contributed by atoms with van der Waals surface area (Å²) in [6, 6.07) is 28.5. The van der Waals surface area contributed by atoms with Crippen LogP contribution in [0.15, 0.2) is 109 Å². The SMILES string of the molecule is O=S(=O)(Oc1cccc(Oc2cccc(OS(=O)(=O)C(F)(F)F)c2)c1)C(F)(F)F.c1ccc(-c2ccccc2)cc1. The highest BCUT2D eigenvalue weighted by Crippen LogP contribution is 2.33. The molecule has 0 radical (unpaired) electrons. The van der Waals surface area contributed by atoms with Crippen molar-refractivity contribution in [3.8, 4) is 34.1 Å². The zero-order valence-electron chi connectivity index (χ0n) is 20.3. The van der Waals surface area contributed by atoms with E-state index < -0.39 is 42.8 Å². The molecule has 0 aliphatic carbocycles. The van der Waals surface area contributed by atoms with Crippen molar-refractivity contribution in [1.82, 2.24) is 0 Å². The van der Waals surface area contributed by atoms with Crippen LogP contribution in [0.3, 0.4) is 0 Å². The van der Waals surface area contributed by atoms with Gasteiger partial charge in [0.15, 0.2) is 0 Å². The summed E-state index contributed by atoms with van der Waals surface area (Å²) in [6.45, 7) is 0. The van der Waals surface area contributed by atoms with Gasteiger partial charge in [0.25, 0.3) is 0 Å². The fraction of sp³-hybridized carbons (Fsp3) is 0.0769. The van der Waals surface area contributed by atoms with Gasteiger partial charge in [0.1, 0.15) is 23.0 Å². The van der Waals surface area contributed by atoms with E-state index in [0.717, 1.165) is 48.5 Å². The van der Waals surface area contributed by atoms with Gasteiger partial charge in [-0.25, -0.2) is 0 Å². The predicted molar refractivity (Wildman–Crippen MR) is 136 cm³/mol. The molecule has 0 aliphatic heterocycles. The van der Waals surface area contributed by atoms with Gasteiger partial charge < -0.3 is 13.1 Å². The molecule has 4 aromatic rings. The van der Waals surface area contributed by atoms with Crippen LogP contribution >= 0.6 is 0 Å². The van der Waals surface area contributed by atoms with Crippen LogP contribution in [0.25, 0.3) is 11.1 Å². The summed E-state index contributed by atoms with van der Waals surface area (Å²) in [5.41, 5.74) is -8.78. The molecule has 0 aliphatic rings. The summed E-state index contributed by atoms with van der Waals surface area (Å²) in [7, 11) is -11.9. The first-order valence-electron chi connectivity index (χ1n) is 11.1. The highest BCUT2D eigenvalue weighted by Gasteiger charge is 2.49. The monoisotopic (exact) mass is 620 g/mol. The van der Waals surface area contributed by atoms with Crippen LogP contribution in [0.5, 0.6) is 23.0 Å². The lowest BCUT2D eigenvalue weighted by Crippen LogP contribution is -2.28. The predicted octanol–water partition coefficient (Wildman–Crippen LogP) is 7.29. The number of rotatable bonds is 7. The van der Waals surface area contributed by atoms with Gasteiger partial charge in [-0.05, 0) is 35.4 Å². The average molecular weight is 621 g/mol. The number of hydrogen-bond donors (Lipinski definition) is 0. The van der Waals surface area contributed by atoms with Crippen LogP contribution < -0.4 is 13.1 Å². The maximum absolute atomic E-state index is 12.3.